The van der Waals surface area contributed by atoms with Crippen LogP contribution in [0.2, 0.25) is 0 Å². The number of aliphatic hydroxyl groups excluding tert-OH is 1. The van der Waals surface area contributed by atoms with E-state index in [0.29, 0.717) is 16.8 Å². The number of imide groups is 1. The van der Waals surface area contributed by atoms with Gasteiger partial charge in [-0.3, -0.25) is 14.9 Å². The van der Waals surface area contributed by atoms with Crippen molar-refractivity contribution in [1.82, 2.24) is 5.32 Å². The summed E-state index contributed by atoms with van der Waals surface area (Å²) in [5.74, 6) is -1.24. The van der Waals surface area contributed by atoms with E-state index in [1.807, 2.05) is 0 Å². The highest BCUT2D eigenvalue weighted by atomic mass is 19.1. The molecule has 1 saturated heterocycles. The zero-order valence-corrected chi connectivity index (χ0v) is 10.7. The molecule has 0 aliphatic carbocycles. The van der Waals surface area contributed by atoms with E-state index in [1.54, 1.807) is 13.0 Å². The van der Waals surface area contributed by atoms with Crippen molar-refractivity contribution in [2.45, 2.75) is 20.0 Å². The first-order chi connectivity index (χ1) is 8.88. The number of anilines is 1. The number of nitrogens with one attached hydrogen (secondary N) is 1. The molecule has 2 N–H and O–H groups in total. The number of hydrogen-bond acceptors (Lipinski definition) is 4. The zero-order valence-electron chi connectivity index (χ0n) is 10.7. The normalized spacial score (nSPS) is 17.4. The lowest BCUT2D eigenvalue weighted by Crippen LogP contribution is -2.51. The van der Waals surface area contributed by atoms with Gasteiger partial charge in [0.1, 0.15) is 5.82 Å². The second kappa shape index (κ2) is 4.97. The molecule has 1 fully saturated rings. The summed E-state index contributed by atoms with van der Waals surface area (Å²) in [7, 11) is 0. The van der Waals surface area contributed by atoms with Crippen molar-refractivity contribution < 1.29 is 19.1 Å². The molecule has 2 amide bonds. The molecule has 0 bridgehead atoms. The average Bonchev–Trinajstić information content (AvgIpc) is 2.30. The van der Waals surface area contributed by atoms with E-state index in [4.69, 9.17) is 0 Å². The molecule has 0 unspecified atom stereocenters. The van der Waals surface area contributed by atoms with Gasteiger partial charge < -0.3 is 10.0 Å². The highest BCUT2D eigenvalue weighted by Gasteiger charge is 2.25. The number of rotatable bonds is 2. The third-order valence-electron chi connectivity index (χ3n) is 3.05. The van der Waals surface area contributed by atoms with E-state index in [-0.39, 0.29) is 13.1 Å². The Morgan fingerprint density at radius 3 is 2.42 bits per heavy atom. The number of aliphatic hydroxyl groups is 1. The molecule has 0 saturated carbocycles. The average molecular weight is 266 g/mol. The lowest BCUT2D eigenvalue weighted by molar-refractivity contribution is -0.130. The van der Waals surface area contributed by atoms with Crippen molar-refractivity contribution in [2.24, 2.45) is 0 Å². The predicted molar refractivity (Wildman–Crippen MR) is 67.1 cm³/mol. The van der Waals surface area contributed by atoms with Crippen LogP contribution in [0.15, 0.2) is 12.1 Å². The fourth-order valence-corrected chi connectivity index (χ4v) is 2.10. The Hall–Kier alpha value is -1.95. The highest BCUT2D eigenvalue weighted by molar-refractivity contribution is 6.02. The number of aryl methyl sites for hydroxylation is 1. The Bertz CT molecular complexity index is 527. The van der Waals surface area contributed by atoms with Crippen LogP contribution in [0.4, 0.5) is 10.1 Å². The number of amides is 2. The molecule has 2 rings (SSSR count). The zero-order chi connectivity index (χ0) is 14.2. The van der Waals surface area contributed by atoms with Gasteiger partial charge in [-0.1, -0.05) is 0 Å². The lowest BCUT2D eigenvalue weighted by Gasteiger charge is -2.30. The lowest BCUT2D eigenvalue weighted by atomic mass is 10.0. The fourth-order valence-electron chi connectivity index (χ4n) is 2.10. The molecular weight excluding hydrogens is 251 g/mol. The summed E-state index contributed by atoms with van der Waals surface area (Å²) in [6.45, 7) is 3.13. The van der Waals surface area contributed by atoms with Crippen LogP contribution in [0.25, 0.3) is 0 Å². The van der Waals surface area contributed by atoms with Gasteiger partial charge in [0, 0.05) is 11.3 Å². The Balaban J connectivity index is 2.45. The van der Waals surface area contributed by atoms with Crippen LogP contribution >= 0.6 is 0 Å². The minimum Gasteiger partial charge on any atom is -0.389 e. The van der Waals surface area contributed by atoms with Gasteiger partial charge in [0.15, 0.2) is 0 Å². The Morgan fingerprint density at radius 2 is 1.89 bits per heavy atom. The van der Waals surface area contributed by atoms with Crippen molar-refractivity contribution >= 4 is 17.5 Å². The third-order valence-corrected chi connectivity index (χ3v) is 3.05. The molecular formula is C13H15FN2O3. The molecule has 1 aromatic rings. The highest BCUT2D eigenvalue weighted by Crippen LogP contribution is 2.29. The standard InChI is InChI=1S/C13H15FN2O3/c1-7-3-11(9(8(2)17)4-10(7)14)16-5-12(18)15-13(19)6-16/h3-4,8,17H,5-6H2,1-2H3,(H,15,18,19)/t8-/m0/s1. The molecule has 6 heteroatoms. The van der Waals surface area contributed by atoms with Crippen LogP contribution in [-0.2, 0) is 9.59 Å². The van der Waals surface area contributed by atoms with Gasteiger partial charge in [0.2, 0.25) is 11.8 Å². The summed E-state index contributed by atoms with van der Waals surface area (Å²) >= 11 is 0. The molecule has 1 aliphatic heterocycles. The topological polar surface area (TPSA) is 69.6 Å². The number of piperazine rings is 1. The van der Waals surface area contributed by atoms with Crippen LogP contribution < -0.4 is 10.2 Å². The van der Waals surface area contributed by atoms with E-state index < -0.39 is 23.7 Å². The van der Waals surface area contributed by atoms with Crippen LogP contribution in [0.5, 0.6) is 0 Å². The quantitative estimate of drug-likeness (QED) is 0.771. The largest absolute Gasteiger partial charge is 0.389 e. The second-order valence-electron chi connectivity index (χ2n) is 4.66. The molecule has 0 aromatic heterocycles. The first kappa shape index (κ1) is 13.5. The van der Waals surface area contributed by atoms with Gasteiger partial charge in [-0.05, 0) is 31.5 Å². The molecule has 102 valence electrons. The number of hydrogen-bond donors (Lipinski definition) is 2. The minimum absolute atomic E-state index is 0.0104. The molecule has 0 radical (unpaired) electrons. The monoisotopic (exact) mass is 266 g/mol. The first-order valence-corrected chi connectivity index (χ1v) is 5.94. The van der Waals surface area contributed by atoms with Gasteiger partial charge >= 0.3 is 0 Å². The third kappa shape index (κ3) is 2.73. The van der Waals surface area contributed by atoms with E-state index in [0.717, 1.165) is 0 Å². The summed E-state index contributed by atoms with van der Waals surface area (Å²) in [6, 6.07) is 2.79. The van der Waals surface area contributed by atoms with Gasteiger partial charge in [0.05, 0.1) is 19.2 Å². The maximum atomic E-state index is 13.6. The minimum atomic E-state index is -0.884. The molecule has 19 heavy (non-hydrogen) atoms. The Morgan fingerprint density at radius 1 is 1.32 bits per heavy atom. The molecule has 1 aliphatic rings. The first-order valence-electron chi connectivity index (χ1n) is 5.94. The Kier molecular flexibility index (Phi) is 3.53. The maximum Gasteiger partial charge on any atom is 0.246 e. The van der Waals surface area contributed by atoms with E-state index in [2.05, 4.69) is 5.32 Å². The van der Waals surface area contributed by atoms with Crippen molar-refractivity contribution in [1.29, 1.82) is 0 Å². The number of halogens is 1. The smallest absolute Gasteiger partial charge is 0.246 e. The van der Waals surface area contributed by atoms with Gasteiger partial charge in [-0.25, -0.2) is 4.39 Å². The van der Waals surface area contributed by atoms with Crippen molar-refractivity contribution in [3.05, 3.63) is 29.1 Å². The van der Waals surface area contributed by atoms with E-state index in [1.165, 1.54) is 17.9 Å². The predicted octanol–water partition coefficient (Wildman–Crippen LogP) is 0.650. The van der Waals surface area contributed by atoms with Crippen LogP contribution in [0.1, 0.15) is 24.2 Å². The van der Waals surface area contributed by atoms with Gasteiger partial charge in [-0.15, -0.1) is 0 Å². The summed E-state index contributed by atoms with van der Waals surface area (Å²) in [4.78, 5) is 24.3. The summed E-state index contributed by atoms with van der Waals surface area (Å²) in [5, 5.41) is 11.9. The Labute approximate surface area is 110 Å². The van der Waals surface area contributed by atoms with Crippen molar-refractivity contribution in [3.63, 3.8) is 0 Å². The van der Waals surface area contributed by atoms with Crippen molar-refractivity contribution in [2.75, 3.05) is 18.0 Å². The summed E-state index contributed by atoms with van der Waals surface area (Å²) in [6.07, 6.45) is -0.884. The van der Waals surface area contributed by atoms with Gasteiger partial charge in [0.25, 0.3) is 0 Å². The number of carbonyl (C=O) groups excluding carboxylic acids is 2. The molecule has 1 heterocycles. The number of nitrogens with zero attached hydrogens (tertiary/aromatic N) is 1. The van der Waals surface area contributed by atoms with Crippen LogP contribution in [-0.4, -0.2) is 30.0 Å². The number of carbonyl (C=O) groups is 2. The fraction of sp³-hybridized carbons (Fsp3) is 0.385. The van der Waals surface area contributed by atoms with Crippen LogP contribution in [0, 0.1) is 12.7 Å². The second-order valence-corrected chi connectivity index (χ2v) is 4.66. The van der Waals surface area contributed by atoms with E-state index in [9.17, 15) is 19.1 Å². The summed E-state index contributed by atoms with van der Waals surface area (Å²) < 4.78 is 13.6. The molecule has 0 spiro atoms. The SMILES string of the molecule is Cc1cc(N2CC(=O)NC(=O)C2)c([C@H](C)O)cc1F. The van der Waals surface area contributed by atoms with Gasteiger partial charge in [-0.2, -0.15) is 0 Å². The molecule has 5 nitrogen and oxygen atoms in total. The summed E-state index contributed by atoms with van der Waals surface area (Å²) in [5.41, 5.74) is 1.28. The molecule has 1 aromatic carbocycles. The maximum absolute atomic E-state index is 13.6. The molecule has 1 atom stereocenters. The van der Waals surface area contributed by atoms with Crippen LogP contribution in [0.3, 0.4) is 0 Å². The number of benzene rings is 1. The van der Waals surface area contributed by atoms with Crippen molar-refractivity contribution in [3.8, 4) is 0 Å². The van der Waals surface area contributed by atoms with E-state index >= 15 is 0 Å².